The molecule has 1 fully saturated rings. The van der Waals surface area contributed by atoms with Gasteiger partial charge < -0.3 is 14.7 Å². The van der Waals surface area contributed by atoms with Gasteiger partial charge >= 0.3 is 5.97 Å². The van der Waals surface area contributed by atoms with Crippen LogP contribution < -0.4 is 4.74 Å². The van der Waals surface area contributed by atoms with E-state index in [4.69, 9.17) is 9.84 Å². The van der Waals surface area contributed by atoms with Gasteiger partial charge in [-0.2, -0.15) is 0 Å². The summed E-state index contributed by atoms with van der Waals surface area (Å²) in [5.41, 5.74) is -0.0805. The molecule has 1 saturated heterocycles. The first-order valence-corrected chi connectivity index (χ1v) is 6.72. The van der Waals surface area contributed by atoms with Gasteiger partial charge in [0.1, 0.15) is 0 Å². The van der Waals surface area contributed by atoms with Gasteiger partial charge in [-0.25, -0.2) is 4.39 Å². The Morgan fingerprint density at radius 1 is 1.48 bits per heavy atom. The maximum atomic E-state index is 13.5. The van der Waals surface area contributed by atoms with E-state index < -0.39 is 17.2 Å². The van der Waals surface area contributed by atoms with E-state index in [0.717, 1.165) is 5.56 Å². The maximum absolute atomic E-state index is 13.5. The molecule has 2 rings (SSSR count). The first kappa shape index (κ1) is 15.3. The first-order valence-electron chi connectivity index (χ1n) is 6.72. The molecule has 1 aromatic carbocycles. The molecule has 1 atom stereocenters. The number of hydrogen-bond donors (Lipinski definition) is 1. The Hall–Kier alpha value is -2.11. The third kappa shape index (κ3) is 3.32. The number of carboxylic acids is 1. The molecular weight excluding hydrogens is 277 g/mol. The average molecular weight is 295 g/mol. The number of amides is 1. The van der Waals surface area contributed by atoms with E-state index >= 15 is 0 Å². The average Bonchev–Trinajstić information content (AvgIpc) is 2.84. The minimum Gasteiger partial charge on any atom is -0.481 e. The first-order chi connectivity index (χ1) is 9.82. The lowest BCUT2D eigenvalue weighted by molar-refractivity contribution is -0.147. The molecule has 0 bridgehead atoms. The molecule has 1 N–H and O–H groups in total. The number of benzene rings is 1. The second-order valence-electron chi connectivity index (χ2n) is 5.65. The Kier molecular flexibility index (Phi) is 4.16. The highest BCUT2D eigenvalue weighted by molar-refractivity contribution is 5.81. The minimum atomic E-state index is -0.913. The molecule has 0 unspecified atom stereocenters. The quantitative estimate of drug-likeness (QED) is 0.920. The molecule has 1 aliphatic rings. The number of carbonyl (C=O) groups excluding carboxylic acids is 1. The number of carboxylic acid groups (broad SMARTS) is 1. The van der Waals surface area contributed by atoms with Crippen LogP contribution in [0, 0.1) is 18.2 Å². The minimum absolute atomic E-state index is 0.0311. The monoisotopic (exact) mass is 295 g/mol. The van der Waals surface area contributed by atoms with Crippen LogP contribution in [-0.2, 0) is 9.59 Å². The highest BCUT2D eigenvalue weighted by Crippen LogP contribution is 2.30. The van der Waals surface area contributed by atoms with Crippen LogP contribution in [0.15, 0.2) is 18.2 Å². The number of likely N-dealkylation sites (tertiary alicyclic amines) is 1. The van der Waals surface area contributed by atoms with Gasteiger partial charge in [0.05, 0.1) is 5.41 Å². The third-order valence-electron chi connectivity index (χ3n) is 3.78. The van der Waals surface area contributed by atoms with E-state index in [1.165, 1.54) is 17.0 Å². The van der Waals surface area contributed by atoms with Crippen LogP contribution in [0.2, 0.25) is 0 Å². The van der Waals surface area contributed by atoms with Gasteiger partial charge in [-0.15, -0.1) is 0 Å². The molecule has 1 amide bonds. The zero-order valence-electron chi connectivity index (χ0n) is 12.1. The normalized spacial score (nSPS) is 21.4. The SMILES string of the molecule is Cc1ccc(F)c(OCC(=O)N2CC[C@](C)(C(=O)O)C2)c1. The van der Waals surface area contributed by atoms with Crippen LogP contribution >= 0.6 is 0 Å². The van der Waals surface area contributed by atoms with E-state index in [9.17, 15) is 14.0 Å². The molecule has 1 aliphatic heterocycles. The summed E-state index contributed by atoms with van der Waals surface area (Å²) in [6, 6.07) is 4.42. The molecule has 0 aliphatic carbocycles. The van der Waals surface area contributed by atoms with E-state index in [1.807, 2.05) is 0 Å². The Labute approximate surface area is 122 Å². The molecule has 1 heterocycles. The molecular formula is C15H18FNO4. The van der Waals surface area contributed by atoms with E-state index in [0.29, 0.717) is 13.0 Å². The molecule has 0 saturated carbocycles. The van der Waals surface area contributed by atoms with Crippen molar-refractivity contribution in [1.29, 1.82) is 0 Å². The fourth-order valence-electron chi connectivity index (χ4n) is 2.30. The number of halogens is 1. The van der Waals surface area contributed by atoms with Gasteiger partial charge in [-0.1, -0.05) is 6.07 Å². The molecule has 21 heavy (non-hydrogen) atoms. The molecule has 0 radical (unpaired) electrons. The summed E-state index contributed by atoms with van der Waals surface area (Å²) in [5, 5.41) is 9.13. The standard InChI is InChI=1S/C15H18FNO4/c1-10-3-4-11(16)12(7-10)21-8-13(18)17-6-5-15(2,9-17)14(19)20/h3-4,7H,5-6,8-9H2,1-2H3,(H,19,20)/t15-/m0/s1. The van der Waals surface area contributed by atoms with Gasteiger partial charge in [-0.3, -0.25) is 9.59 Å². The van der Waals surface area contributed by atoms with Crippen LogP contribution in [0.5, 0.6) is 5.75 Å². The second-order valence-corrected chi connectivity index (χ2v) is 5.65. The second kappa shape index (κ2) is 5.71. The predicted molar refractivity (Wildman–Crippen MR) is 73.6 cm³/mol. The van der Waals surface area contributed by atoms with Crippen LogP contribution in [0.25, 0.3) is 0 Å². The summed E-state index contributed by atoms with van der Waals surface area (Å²) >= 11 is 0. The van der Waals surface area contributed by atoms with Crippen molar-refractivity contribution in [3.8, 4) is 5.75 Å². The van der Waals surface area contributed by atoms with E-state index in [1.54, 1.807) is 19.9 Å². The summed E-state index contributed by atoms with van der Waals surface area (Å²) in [6.45, 7) is 3.65. The third-order valence-corrected chi connectivity index (χ3v) is 3.78. The van der Waals surface area contributed by atoms with Crippen LogP contribution in [0.4, 0.5) is 4.39 Å². The van der Waals surface area contributed by atoms with E-state index in [-0.39, 0.29) is 24.8 Å². The highest BCUT2D eigenvalue weighted by atomic mass is 19.1. The van der Waals surface area contributed by atoms with Crippen molar-refractivity contribution in [3.63, 3.8) is 0 Å². The molecule has 0 spiro atoms. The van der Waals surface area contributed by atoms with Crippen molar-refractivity contribution >= 4 is 11.9 Å². The van der Waals surface area contributed by atoms with Gasteiger partial charge in [0.2, 0.25) is 0 Å². The fourth-order valence-corrected chi connectivity index (χ4v) is 2.30. The number of aryl methyl sites for hydroxylation is 1. The highest BCUT2D eigenvalue weighted by Gasteiger charge is 2.42. The lowest BCUT2D eigenvalue weighted by atomic mass is 9.90. The Bertz CT molecular complexity index is 575. The van der Waals surface area contributed by atoms with Crippen LogP contribution in [0.1, 0.15) is 18.9 Å². The van der Waals surface area contributed by atoms with Gasteiger partial charge in [0, 0.05) is 13.1 Å². The predicted octanol–water partition coefficient (Wildman–Crippen LogP) is 1.84. The van der Waals surface area contributed by atoms with Crippen molar-refractivity contribution in [2.24, 2.45) is 5.41 Å². The zero-order valence-corrected chi connectivity index (χ0v) is 12.1. The molecule has 114 valence electrons. The fraction of sp³-hybridized carbons (Fsp3) is 0.467. The van der Waals surface area contributed by atoms with Crippen LogP contribution in [-0.4, -0.2) is 41.6 Å². The van der Waals surface area contributed by atoms with Crippen molar-refractivity contribution in [3.05, 3.63) is 29.6 Å². The number of ether oxygens (including phenoxy) is 1. The lowest BCUT2D eigenvalue weighted by Gasteiger charge is -2.20. The largest absolute Gasteiger partial charge is 0.481 e. The smallest absolute Gasteiger partial charge is 0.311 e. The molecule has 5 nitrogen and oxygen atoms in total. The number of nitrogens with zero attached hydrogens (tertiary/aromatic N) is 1. The topological polar surface area (TPSA) is 66.8 Å². The van der Waals surface area contributed by atoms with Crippen molar-refractivity contribution in [2.75, 3.05) is 19.7 Å². The number of rotatable bonds is 4. The number of hydrogen-bond acceptors (Lipinski definition) is 3. The van der Waals surface area contributed by atoms with Gasteiger partial charge in [0.25, 0.3) is 5.91 Å². The van der Waals surface area contributed by atoms with E-state index in [2.05, 4.69) is 0 Å². The molecule has 0 aromatic heterocycles. The van der Waals surface area contributed by atoms with Gasteiger partial charge in [-0.05, 0) is 38.0 Å². The van der Waals surface area contributed by atoms with Crippen LogP contribution in [0.3, 0.4) is 0 Å². The van der Waals surface area contributed by atoms with Gasteiger partial charge in [0.15, 0.2) is 18.2 Å². The summed E-state index contributed by atoms with van der Waals surface area (Å²) in [5.74, 6) is -1.74. The number of aliphatic carboxylic acids is 1. The zero-order chi connectivity index (χ0) is 15.6. The molecule has 6 heteroatoms. The number of carbonyl (C=O) groups is 2. The molecule has 1 aromatic rings. The summed E-state index contributed by atoms with van der Waals surface area (Å²) in [7, 11) is 0. The lowest BCUT2D eigenvalue weighted by Crippen LogP contribution is -2.37. The maximum Gasteiger partial charge on any atom is 0.311 e. The summed E-state index contributed by atoms with van der Waals surface area (Å²) < 4.78 is 18.7. The Balaban J connectivity index is 1.94. The van der Waals surface area contributed by atoms with Crippen molar-refractivity contribution in [2.45, 2.75) is 20.3 Å². The Morgan fingerprint density at radius 2 is 2.19 bits per heavy atom. The summed E-state index contributed by atoms with van der Waals surface area (Å²) in [6.07, 6.45) is 0.410. The summed E-state index contributed by atoms with van der Waals surface area (Å²) in [4.78, 5) is 24.6. The Morgan fingerprint density at radius 3 is 2.81 bits per heavy atom. The van der Waals surface area contributed by atoms with Crippen molar-refractivity contribution < 1.29 is 23.8 Å². The van der Waals surface area contributed by atoms with Crippen molar-refractivity contribution in [1.82, 2.24) is 4.90 Å².